The maximum absolute atomic E-state index is 12.5. The summed E-state index contributed by atoms with van der Waals surface area (Å²) in [5, 5.41) is 12.5. The molecule has 0 aliphatic carbocycles. The fourth-order valence-electron chi connectivity index (χ4n) is 2.57. The standard InChI is InChI=1S/C21H21ClN2O5/c1-26-16-6-5-13(18(9-16)27-2)12-24-21(25)15(11-23)7-14-8-17(22)20(29-4)10-19(14)28-3/h5-10H,12H2,1-4H3,(H,24,25)/b15-7+. The average molecular weight is 417 g/mol. The Morgan fingerprint density at radius 3 is 2.31 bits per heavy atom. The highest BCUT2D eigenvalue weighted by Gasteiger charge is 2.14. The van der Waals surface area contributed by atoms with Crippen LogP contribution in [0.15, 0.2) is 35.9 Å². The first-order valence-corrected chi connectivity index (χ1v) is 8.87. The minimum absolute atomic E-state index is 0.1000. The molecule has 0 fully saturated rings. The Kier molecular flexibility index (Phi) is 7.75. The minimum atomic E-state index is -0.542. The number of nitriles is 1. The second kappa shape index (κ2) is 10.2. The number of hydrogen-bond donors (Lipinski definition) is 1. The predicted molar refractivity (Wildman–Crippen MR) is 110 cm³/mol. The lowest BCUT2D eigenvalue weighted by Crippen LogP contribution is -2.24. The number of halogens is 1. The Morgan fingerprint density at radius 2 is 1.72 bits per heavy atom. The van der Waals surface area contributed by atoms with E-state index in [1.807, 2.05) is 6.07 Å². The van der Waals surface area contributed by atoms with Gasteiger partial charge in [-0.25, -0.2) is 0 Å². The van der Waals surface area contributed by atoms with E-state index in [4.69, 9.17) is 30.5 Å². The van der Waals surface area contributed by atoms with Gasteiger partial charge in [0.1, 0.15) is 34.6 Å². The van der Waals surface area contributed by atoms with Crippen LogP contribution in [-0.4, -0.2) is 34.3 Å². The number of amides is 1. The molecule has 1 amide bonds. The van der Waals surface area contributed by atoms with Crippen LogP contribution in [0.5, 0.6) is 23.0 Å². The van der Waals surface area contributed by atoms with Crippen LogP contribution in [0.2, 0.25) is 5.02 Å². The lowest BCUT2D eigenvalue weighted by molar-refractivity contribution is -0.117. The summed E-state index contributed by atoms with van der Waals surface area (Å²) in [6, 6.07) is 10.3. The van der Waals surface area contributed by atoms with Gasteiger partial charge < -0.3 is 24.3 Å². The maximum atomic E-state index is 12.5. The molecular weight excluding hydrogens is 396 g/mol. The summed E-state index contributed by atoms with van der Waals surface area (Å²) in [5.41, 5.74) is 1.12. The van der Waals surface area contributed by atoms with E-state index in [1.165, 1.54) is 27.4 Å². The molecule has 0 bridgehead atoms. The van der Waals surface area contributed by atoms with E-state index in [9.17, 15) is 10.1 Å². The number of carbonyl (C=O) groups excluding carboxylic acids is 1. The fraction of sp³-hybridized carbons (Fsp3) is 0.238. The maximum Gasteiger partial charge on any atom is 0.262 e. The highest BCUT2D eigenvalue weighted by molar-refractivity contribution is 6.32. The molecule has 0 radical (unpaired) electrons. The molecule has 8 heteroatoms. The van der Waals surface area contributed by atoms with Crippen molar-refractivity contribution in [3.8, 4) is 29.1 Å². The molecule has 152 valence electrons. The van der Waals surface area contributed by atoms with Crippen LogP contribution in [0.4, 0.5) is 0 Å². The van der Waals surface area contributed by atoms with Gasteiger partial charge >= 0.3 is 0 Å². The molecule has 7 nitrogen and oxygen atoms in total. The molecule has 0 aromatic heterocycles. The Labute approximate surface area is 174 Å². The summed E-state index contributed by atoms with van der Waals surface area (Å²) in [5.74, 6) is 1.51. The first-order chi connectivity index (χ1) is 14.0. The largest absolute Gasteiger partial charge is 0.497 e. The molecular formula is C21H21ClN2O5. The Hall–Kier alpha value is -3.37. The molecule has 0 aliphatic heterocycles. The predicted octanol–water partition coefficient (Wildman–Crippen LogP) is 3.60. The molecule has 29 heavy (non-hydrogen) atoms. The SMILES string of the molecule is COc1ccc(CNC(=O)/C(C#N)=C/c2cc(Cl)c(OC)cc2OC)c(OC)c1. The van der Waals surface area contributed by atoms with Gasteiger partial charge in [-0.05, 0) is 24.3 Å². The lowest BCUT2D eigenvalue weighted by atomic mass is 10.1. The zero-order valence-corrected chi connectivity index (χ0v) is 17.3. The van der Waals surface area contributed by atoms with E-state index in [-0.39, 0.29) is 12.1 Å². The van der Waals surface area contributed by atoms with Crippen molar-refractivity contribution in [1.82, 2.24) is 5.32 Å². The second-order valence-electron chi connectivity index (χ2n) is 5.76. The Balaban J connectivity index is 2.24. The molecule has 0 heterocycles. The highest BCUT2D eigenvalue weighted by Crippen LogP contribution is 2.33. The van der Waals surface area contributed by atoms with Crippen molar-refractivity contribution in [2.45, 2.75) is 6.54 Å². The summed E-state index contributed by atoms with van der Waals surface area (Å²) in [4.78, 5) is 12.5. The topological polar surface area (TPSA) is 89.8 Å². The smallest absolute Gasteiger partial charge is 0.262 e. The normalized spacial score (nSPS) is 10.7. The first-order valence-electron chi connectivity index (χ1n) is 8.49. The monoisotopic (exact) mass is 416 g/mol. The first kappa shape index (κ1) is 21.9. The van der Waals surface area contributed by atoms with Crippen molar-refractivity contribution in [3.63, 3.8) is 0 Å². The van der Waals surface area contributed by atoms with Crippen molar-refractivity contribution >= 4 is 23.6 Å². The summed E-state index contributed by atoms with van der Waals surface area (Å²) in [7, 11) is 6.04. The molecule has 0 atom stereocenters. The number of carbonyl (C=O) groups is 1. The van der Waals surface area contributed by atoms with E-state index >= 15 is 0 Å². The quantitative estimate of drug-likeness (QED) is 0.522. The number of ether oxygens (including phenoxy) is 4. The van der Waals surface area contributed by atoms with E-state index in [0.29, 0.717) is 33.6 Å². The van der Waals surface area contributed by atoms with Crippen LogP contribution >= 0.6 is 11.6 Å². The number of nitrogens with one attached hydrogen (secondary N) is 1. The van der Waals surface area contributed by atoms with Gasteiger partial charge in [-0.15, -0.1) is 0 Å². The van der Waals surface area contributed by atoms with Crippen molar-refractivity contribution in [2.24, 2.45) is 0 Å². The van der Waals surface area contributed by atoms with Crippen molar-refractivity contribution in [2.75, 3.05) is 28.4 Å². The molecule has 0 saturated carbocycles. The number of rotatable bonds is 8. The number of hydrogen-bond acceptors (Lipinski definition) is 6. The molecule has 0 unspecified atom stereocenters. The Bertz CT molecular complexity index is 966. The van der Waals surface area contributed by atoms with E-state index in [2.05, 4.69) is 5.32 Å². The van der Waals surface area contributed by atoms with Crippen LogP contribution in [-0.2, 0) is 11.3 Å². The van der Waals surface area contributed by atoms with Gasteiger partial charge in [-0.1, -0.05) is 11.6 Å². The third kappa shape index (κ3) is 5.33. The summed E-state index contributed by atoms with van der Waals surface area (Å²) >= 11 is 6.15. The van der Waals surface area contributed by atoms with Gasteiger partial charge in [0.05, 0.1) is 33.5 Å². The van der Waals surface area contributed by atoms with Crippen LogP contribution in [0.3, 0.4) is 0 Å². The van der Waals surface area contributed by atoms with Crippen LogP contribution in [0.25, 0.3) is 6.08 Å². The molecule has 1 N–H and O–H groups in total. The van der Waals surface area contributed by atoms with Crippen LogP contribution in [0.1, 0.15) is 11.1 Å². The molecule has 0 spiro atoms. The molecule has 0 aliphatic rings. The van der Waals surface area contributed by atoms with Gasteiger partial charge in [0.15, 0.2) is 0 Å². The van der Waals surface area contributed by atoms with Crippen LogP contribution in [0, 0.1) is 11.3 Å². The van der Waals surface area contributed by atoms with E-state index in [1.54, 1.807) is 37.4 Å². The molecule has 2 rings (SSSR count). The van der Waals surface area contributed by atoms with Gasteiger partial charge in [0, 0.05) is 29.8 Å². The fourth-order valence-corrected chi connectivity index (χ4v) is 2.82. The third-order valence-electron chi connectivity index (χ3n) is 4.10. The third-order valence-corrected chi connectivity index (χ3v) is 4.40. The molecule has 2 aromatic carbocycles. The zero-order chi connectivity index (χ0) is 21.4. The van der Waals surface area contributed by atoms with Gasteiger partial charge in [0.2, 0.25) is 0 Å². The zero-order valence-electron chi connectivity index (χ0n) is 16.5. The minimum Gasteiger partial charge on any atom is -0.497 e. The number of methoxy groups -OCH3 is 4. The van der Waals surface area contributed by atoms with Crippen LogP contribution < -0.4 is 24.3 Å². The van der Waals surface area contributed by atoms with E-state index in [0.717, 1.165) is 5.56 Å². The number of benzene rings is 2. The van der Waals surface area contributed by atoms with Gasteiger partial charge in [0.25, 0.3) is 5.91 Å². The van der Waals surface area contributed by atoms with Gasteiger partial charge in [-0.3, -0.25) is 4.79 Å². The molecule has 0 saturated heterocycles. The van der Waals surface area contributed by atoms with Gasteiger partial charge in [-0.2, -0.15) is 5.26 Å². The Morgan fingerprint density at radius 1 is 1.03 bits per heavy atom. The van der Waals surface area contributed by atoms with Crippen molar-refractivity contribution in [1.29, 1.82) is 5.26 Å². The summed E-state index contributed by atoms with van der Waals surface area (Å²) < 4.78 is 20.9. The number of nitrogens with zero attached hydrogens (tertiary/aromatic N) is 1. The second-order valence-corrected chi connectivity index (χ2v) is 6.17. The van der Waals surface area contributed by atoms with E-state index < -0.39 is 5.91 Å². The molecule has 2 aromatic rings. The summed E-state index contributed by atoms with van der Waals surface area (Å²) in [6.07, 6.45) is 1.41. The van der Waals surface area contributed by atoms with Crippen molar-refractivity contribution in [3.05, 3.63) is 52.1 Å². The average Bonchev–Trinajstić information content (AvgIpc) is 2.75. The van der Waals surface area contributed by atoms with Crippen molar-refractivity contribution < 1.29 is 23.7 Å². The summed E-state index contributed by atoms with van der Waals surface area (Å²) in [6.45, 7) is 0.172. The highest BCUT2D eigenvalue weighted by atomic mass is 35.5. The lowest BCUT2D eigenvalue weighted by Gasteiger charge is -2.12.